The summed E-state index contributed by atoms with van der Waals surface area (Å²) < 4.78 is 42.2. The highest BCUT2D eigenvalue weighted by molar-refractivity contribution is 5.50. The molecule has 3 atom stereocenters. The van der Waals surface area contributed by atoms with Crippen LogP contribution >= 0.6 is 0 Å². The summed E-state index contributed by atoms with van der Waals surface area (Å²) in [6, 6.07) is 16.6. The van der Waals surface area contributed by atoms with E-state index in [-0.39, 0.29) is 11.5 Å². The van der Waals surface area contributed by atoms with Gasteiger partial charge < -0.3 is 10.4 Å². The number of hydrogen-bond acceptors (Lipinski definition) is 6. The fourth-order valence-corrected chi connectivity index (χ4v) is 3.02. The van der Waals surface area contributed by atoms with Crippen molar-refractivity contribution in [3.8, 4) is 11.8 Å². The van der Waals surface area contributed by atoms with E-state index in [1.807, 2.05) is 24.3 Å². The van der Waals surface area contributed by atoms with Gasteiger partial charge in [0.05, 0.1) is 5.69 Å². The Labute approximate surface area is 193 Å². The maximum Gasteiger partial charge on any atom is 0.224 e. The molecule has 10 heteroatoms. The molecule has 172 valence electrons. The molecule has 0 amide bonds. The molecule has 0 bridgehead atoms. The molecule has 0 aliphatic heterocycles. The molecule has 7 nitrogen and oxygen atoms in total. The number of halogens is 3. The van der Waals surface area contributed by atoms with E-state index >= 15 is 0 Å². The minimum atomic E-state index is -2.15. The van der Waals surface area contributed by atoms with E-state index < -0.39 is 18.6 Å². The molecular weight excluding hydrogens is 445 g/mol. The zero-order valence-electron chi connectivity index (χ0n) is 17.7. The SMILES string of the molecule is OC(C(F)c1ccc(C#Cc2ccc(NCc3ccc(F)cc3)cc2)cn1)C(F)n1cnnn1. The maximum atomic E-state index is 14.5. The number of hydrogen-bond donors (Lipinski definition) is 2. The minimum absolute atomic E-state index is 0.134. The Morgan fingerprint density at radius 3 is 2.29 bits per heavy atom. The second-order valence-electron chi connectivity index (χ2n) is 7.33. The van der Waals surface area contributed by atoms with Crippen LogP contribution in [0.3, 0.4) is 0 Å². The fourth-order valence-electron chi connectivity index (χ4n) is 3.02. The third-order valence-electron chi connectivity index (χ3n) is 4.91. The van der Waals surface area contributed by atoms with Crippen LogP contribution in [0.1, 0.15) is 34.9 Å². The third-order valence-corrected chi connectivity index (χ3v) is 4.91. The van der Waals surface area contributed by atoms with Crippen LogP contribution in [0.2, 0.25) is 0 Å². The summed E-state index contributed by atoms with van der Waals surface area (Å²) in [5, 5.41) is 23.0. The number of tetrazole rings is 1. The van der Waals surface area contributed by atoms with Crippen molar-refractivity contribution >= 4 is 5.69 Å². The number of nitrogens with one attached hydrogen (secondary N) is 1. The van der Waals surface area contributed by atoms with Crippen molar-refractivity contribution in [3.63, 3.8) is 0 Å². The maximum absolute atomic E-state index is 14.5. The summed E-state index contributed by atoms with van der Waals surface area (Å²) in [7, 11) is 0. The van der Waals surface area contributed by atoms with Crippen molar-refractivity contribution in [1.82, 2.24) is 25.2 Å². The molecule has 0 aliphatic carbocycles. The molecule has 0 aliphatic rings. The van der Waals surface area contributed by atoms with Gasteiger partial charge >= 0.3 is 0 Å². The first-order valence-corrected chi connectivity index (χ1v) is 10.2. The number of pyridine rings is 1. The van der Waals surface area contributed by atoms with Gasteiger partial charge in [-0.05, 0) is 64.5 Å². The van der Waals surface area contributed by atoms with Gasteiger partial charge in [0.15, 0.2) is 6.17 Å². The van der Waals surface area contributed by atoms with E-state index in [0.29, 0.717) is 16.8 Å². The molecule has 34 heavy (non-hydrogen) atoms. The Balaban J connectivity index is 1.34. The quantitative estimate of drug-likeness (QED) is 0.405. The lowest BCUT2D eigenvalue weighted by atomic mass is 10.1. The fraction of sp³-hybridized carbons (Fsp3) is 0.167. The molecule has 2 aromatic heterocycles. The summed E-state index contributed by atoms with van der Waals surface area (Å²) >= 11 is 0. The lowest BCUT2D eigenvalue weighted by molar-refractivity contribution is -0.0294. The summed E-state index contributed by atoms with van der Waals surface area (Å²) in [6.45, 7) is 0.562. The molecule has 0 saturated carbocycles. The topological polar surface area (TPSA) is 88.8 Å². The van der Waals surface area contributed by atoms with Crippen LogP contribution in [0, 0.1) is 17.7 Å². The lowest BCUT2D eigenvalue weighted by Gasteiger charge is -2.18. The molecule has 2 N–H and O–H groups in total. The number of aliphatic hydroxyl groups is 1. The summed E-state index contributed by atoms with van der Waals surface area (Å²) in [5.41, 5.74) is 3.01. The van der Waals surface area contributed by atoms with E-state index in [1.165, 1.54) is 30.5 Å². The zero-order chi connectivity index (χ0) is 23.9. The molecule has 0 saturated heterocycles. The van der Waals surface area contributed by atoms with Crippen molar-refractivity contribution in [1.29, 1.82) is 0 Å². The number of alkyl halides is 2. The molecule has 3 unspecified atom stereocenters. The van der Waals surface area contributed by atoms with Crippen molar-refractivity contribution in [2.45, 2.75) is 25.1 Å². The van der Waals surface area contributed by atoms with Gasteiger partial charge in [0.2, 0.25) is 6.30 Å². The van der Waals surface area contributed by atoms with Crippen LogP contribution in [-0.2, 0) is 6.54 Å². The standard InChI is InChI=1S/C24H19F3N6O/c25-19-8-3-18(4-9-19)13-28-20-10-5-16(6-11-20)1-2-17-7-12-21(29-14-17)22(26)23(34)24(27)33-15-30-31-32-33/h3-12,14-15,22-24,28,34H,13H2. The van der Waals surface area contributed by atoms with Crippen molar-refractivity contribution in [2.75, 3.05) is 5.32 Å². The second kappa shape index (κ2) is 10.6. The first-order chi connectivity index (χ1) is 16.5. The first kappa shape index (κ1) is 22.9. The Kier molecular flexibility index (Phi) is 7.15. The highest BCUT2D eigenvalue weighted by atomic mass is 19.2. The molecule has 4 aromatic rings. The van der Waals surface area contributed by atoms with Gasteiger partial charge in [-0.3, -0.25) is 4.98 Å². The molecule has 0 spiro atoms. The van der Waals surface area contributed by atoms with Gasteiger partial charge in [0, 0.05) is 29.6 Å². The van der Waals surface area contributed by atoms with E-state index in [1.54, 1.807) is 12.1 Å². The number of nitrogens with zero attached hydrogens (tertiary/aromatic N) is 5. The number of aliphatic hydroxyl groups excluding tert-OH is 1. The molecule has 0 fully saturated rings. The van der Waals surface area contributed by atoms with Crippen LogP contribution in [0.25, 0.3) is 0 Å². The molecule has 4 rings (SSSR count). The monoisotopic (exact) mass is 464 g/mol. The second-order valence-corrected chi connectivity index (χ2v) is 7.33. The Morgan fingerprint density at radius 1 is 0.941 bits per heavy atom. The Bertz CT molecular complexity index is 1250. The Morgan fingerprint density at radius 2 is 1.65 bits per heavy atom. The van der Waals surface area contributed by atoms with Gasteiger partial charge in [-0.2, -0.15) is 4.68 Å². The van der Waals surface area contributed by atoms with Gasteiger partial charge in [0.1, 0.15) is 18.2 Å². The Hall–Kier alpha value is -4.23. The molecule has 2 aromatic carbocycles. The van der Waals surface area contributed by atoms with Crippen LogP contribution in [0.5, 0.6) is 0 Å². The minimum Gasteiger partial charge on any atom is -0.385 e. The third kappa shape index (κ3) is 5.76. The van der Waals surface area contributed by atoms with Crippen LogP contribution in [0.15, 0.2) is 73.2 Å². The van der Waals surface area contributed by atoms with E-state index in [9.17, 15) is 18.3 Å². The number of anilines is 1. The van der Waals surface area contributed by atoms with Gasteiger partial charge in [0.25, 0.3) is 0 Å². The van der Waals surface area contributed by atoms with E-state index in [4.69, 9.17) is 0 Å². The van der Waals surface area contributed by atoms with Crippen molar-refractivity contribution < 1.29 is 18.3 Å². The number of benzene rings is 2. The summed E-state index contributed by atoms with van der Waals surface area (Å²) in [5.74, 6) is 5.64. The molecular formula is C24H19F3N6O. The lowest BCUT2D eigenvalue weighted by Crippen LogP contribution is -2.26. The largest absolute Gasteiger partial charge is 0.385 e. The average Bonchev–Trinajstić information content (AvgIpc) is 3.42. The normalized spacial score (nSPS) is 13.4. The molecule has 2 heterocycles. The van der Waals surface area contributed by atoms with Crippen LogP contribution in [0.4, 0.5) is 18.9 Å². The van der Waals surface area contributed by atoms with Gasteiger partial charge in [-0.15, -0.1) is 5.10 Å². The van der Waals surface area contributed by atoms with Crippen molar-refractivity contribution in [2.24, 2.45) is 0 Å². The predicted molar refractivity (Wildman–Crippen MR) is 118 cm³/mol. The summed E-state index contributed by atoms with van der Waals surface area (Å²) in [4.78, 5) is 3.95. The highest BCUT2D eigenvalue weighted by Crippen LogP contribution is 2.27. The van der Waals surface area contributed by atoms with E-state index in [2.05, 4.69) is 37.7 Å². The van der Waals surface area contributed by atoms with E-state index in [0.717, 1.165) is 23.1 Å². The molecule has 0 radical (unpaired) electrons. The van der Waals surface area contributed by atoms with Gasteiger partial charge in [-0.1, -0.05) is 24.0 Å². The van der Waals surface area contributed by atoms with Crippen molar-refractivity contribution in [3.05, 3.63) is 101 Å². The zero-order valence-corrected chi connectivity index (χ0v) is 17.7. The smallest absolute Gasteiger partial charge is 0.224 e. The van der Waals surface area contributed by atoms with Crippen LogP contribution < -0.4 is 5.32 Å². The van der Waals surface area contributed by atoms with Crippen LogP contribution in [-0.4, -0.2) is 36.4 Å². The number of aromatic nitrogens is 5. The summed E-state index contributed by atoms with van der Waals surface area (Å²) in [6.07, 6.45) is -3.95. The van der Waals surface area contributed by atoms with Gasteiger partial charge in [-0.25, -0.2) is 13.2 Å². The first-order valence-electron chi connectivity index (χ1n) is 10.2. The highest BCUT2D eigenvalue weighted by Gasteiger charge is 2.32. The average molecular weight is 464 g/mol. The number of rotatable bonds is 7. The predicted octanol–water partition coefficient (Wildman–Crippen LogP) is 3.76.